The van der Waals surface area contributed by atoms with E-state index >= 15 is 0 Å². The quantitative estimate of drug-likeness (QED) is 0.209. The number of benzene rings is 6. The fourth-order valence-electron chi connectivity index (χ4n) is 6.80. The van der Waals surface area contributed by atoms with Gasteiger partial charge in [-0.1, -0.05) is 123 Å². The van der Waals surface area contributed by atoms with Crippen LogP contribution in [0.1, 0.15) is 30.5 Å². The van der Waals surface area contributed by atoms with E-state index in [-0.39, 0.29) is 5.41 Å². The van der Waals surface area contributed by atoms with Gasteiger partial charge in [0.25, 0.3) is 0 Å². The average Bonchev–Trinajstić information content (AvgIpc) is 3.35. The first-order valence-electron chi connectivity index (χ1n) is 15.1. The normalized spacial score (nSPS) is 12.8. The molecule has 6 aromatic carbocycles. The van der Waals surface area contributed by atoms with Crippen molar-refractivity contribution < 1.29 is 0 Å². The van der Waals surface area contributed by atoms with Crippen LogP contribution in [0.4, 0.5) is 0 Å². The molecular weight excluding hydrogens is 548 g/mol. The van der Waals surface area contributed by atoms with Gasteiger partial charge in [-0.2, -0.15) is 5.26 Å². The summed E-state index contributed by atoms with van der Waals surface area (Å²) in [5.41, 5.74) is 10.1. The second-order valence-electron chi connectivity index (χ2n) is 12.0. The molecule has 1 aliphatic carbocycles. The SMILES string of the molecule is CC1(C)c2ccccc2-c2c(-c3cc(C#N)cc(-c4nc(-c5ccccc5)nc(-c5ccccc5)n4)c3)cc3ccccc3c21. The van der Waals surface area contributed by atoms with E-state index in [1.807, 2.05) is 72.8 Å². The molecule has 1 heterocycles. The van der Waals surface area contributed by atoms with Crippen molar-refractivity contribution in [3.8, 4) is 62.5 Å². The predicted octanol–water partition coefficient (Wildman–Crippen LogP) is 9.87. The van der Waals surface area contributed by atoms with Crippen LogP contribution in [-0.4, -0.2) is 15.0 Å². The molecule has 8 rings (SSSR count). The molecule has 0 unspecified atom stereocenters. The maximum atomic E-state index is 10.2. The lowest BCUT2D eigenvalue weighted by molar-refractivity contribution is 0.666. The third-order valence-electron chi connectivity index (χ3n) is 8.87. The summed E-state index contributed by atoms with van der Waals surface area (Å²) in [5, 5.41) is 12.7. The molecule has 0 N–H and O–H groups in total. The summed E-state index contributed by atoms with van der Waals surface area (Å²) < 4.78 is 0. The monoisotopic (exact) mass is 576 g/mol. The Morgan fingerprint density at radius 3 is 1.76 bits per heavy atom. The van der Waals surface area contributed by atoms with Crippen molar-refractivity contribution in [1.82, 2.24) is 15.0 Å². The zero-order valence-corrected chi connectivity index (χ0v) is 25.0. The summed E-state index contributed by atoms with van der Waals surface area (Å²) in [6, 6.07) is 47.9. The Balaban J connectivity index is 1.40. The fraction of sp³-hybridized carbons (Fsp3) is 0.0732. The second kappa shape index (κ2) is 10.4. The molecule has 0 bridgehead atoms. The Labute approximate surface area is 262 Å². The Bertz CT molecular complexity index is 2240. The molecule has 0 fully saturated rings. The Kier molecular flexibility index (Phi) is 6.15. The molecule has 0 radical (unpaired) electrons. The van der Waals surface area contributed by atoms with Crippen molar-refractivity contribution in [2.45, 2.75) is 19.3 Å². The molecule has 0 amide bonds. The minimum Gasteiger partial charge on any atom is -0.208 e. The first kappa shape index (κ1) is 26.7. The van der Waals surface area contributed by atoms with Gasteiger partial charge in [-0.15, -0.1) is 0 Å². The molecule has 1 aliphatic rings. The number of fused-ring (bicyclic) bond motifs is 5. The first-order valence-corrected chi connectivity index (χ1v) is 15.1. The molecule has 0 atom stereocenters. The minimum atomic E-state index is -0.180. The largest absolute Gasteiger partial charge is 0.208 e. The third-order valence-corrected chi connectivity index (χ3v) is 8.87. The highest BCUT2D eigenvalue weighted by Crippen LogP contribution is 2.54. The Hall–Kier alpha value is -5.92. The zero-order chi connectivity index (χ0) is 30.5. The lowest BCUT2D eigenvalue weighted by Gasteiger charge is -2.24. The highest BCUT2D eigenvalue weighted by atomic mass is 15.0. The maximum absolute atomic E-state index is 10.2. The molecule has 1 aromatic heterocycles. The lowest BCUT2D eigenvalue weighted by Crippen LogP contribution is -2.15. The molecule has 4 heteroatoms. The van der Waals surface area contributed by atoms with Crippen molar-refractivity contribution in [3.05, 3.63) is 150 Å². The minimum absolute atomic E-state index is 0.180. The van der Waals surface area contributed by atoms with Crippen LogP contribution in [0.2, 0.25) is 0 Å². The van der Waals surface area contributed by atoms with Crippen LogP contribution in [0.25, 0.3) is 67.2 Å². The van der Waals surface area contributed by atoms with Gasteiger partial charge in [0.15, 0.2) is 17.5 Å². The van der Waals surface area contributed by atoms with Crippen molar-refractivity contribution >= 4 is 10.8 Å². The summed E-state index contributed by atoms with van der Waals surface area (Å²) >= 11 is 0. The predicted molar refractivity (Wildman–Crippen MR) is 181 cm³/mol. The maximum Gasteiger partial charge on any atom is 0.164 e. The summed E-state index contributed by atoms with van der Waals surface area (Å²) in [6.45, 7) is 4.62. The van der Waals surface area contributed by atoms with Gasteiger partial charge in [0, 0.05) is 22.1 Å². The Morgan fingerprint density at radius 2 is 1.09 bits per heavy atom. The molecule has 0 aliphatic heterocycles. The molecule has 4 nitrogen and oxygen atoms in total. The van der Waals surface area contributed by atoms with E-state index < -0.39 is 0 Å². The van der Waals surface area contributed by atoms with Gasteiger partial charge < -0.3 is 0 Å². The Morgan fingerprint density at radius 1 is 0.533 bits per heavy atom. The van der Waals surface area contributed by atoms with Gasteiger partial charge in [0.1, 0.15) is 0 Å². The average molecular weight is 577 g/mol. The second-order valence-corrected chi connectivity index (χ2v) is 12.0. The standard InChI is InChI=1S/C41H28N4/c1-41(2)35-20-12-11-19-33(35)36-34(24-29-17-9-10-18-32(29)37(36)41)30-21-26(25-42)22-31(23-30)40-44-38(27-13-5-3-6-14-27)43-39(45-40)28-15-7-4-8-16-28/h3-24H,1-2H3. The third kappa shape index (κ3) is 4.41. The smallest absolute Gasteiger partial charge is 0.164 e. The lowest BCUT2D eigenvalue weighted by atomic mass is 9.79. The fourth-order valence-corrected chi connectivity index (χ4v) is 6.80. The topological polar surface area (TPSA) is 62.5 Å². The van der Waals surface area contributed by atoms with Gasteiger partial charge in [-0.25, -0.2) is 15.0 Å². The molecular formula is C41H28N4. The van der Waals surface area contributed by atoms with Gasteiger partial charge in [0.05, 0.1) is 11.6 Å². The van der Waals surface area contributed by atoms with Crippen molar-refractivity contribution in [2.24, 2.45) is 0 Å². The molecule has 45 heavy (non-hydrogen) atoms. The van der Waals surface area contributed by atoms with Gasteiger partial charge >= 0.3 is 0 Å². The van der Waals surface area contributed by atoms with Crippen molar-refractivity contribution in [2.75, 3.05) is 0 Å². The number of nitriles is 1. The number of rotatable bonds is 4. The van der Waals surface area contributed by atoms with Crippen LogP contribution in [0, 0.1) is 11.3 Å². The van der Waals surface area contributed by atoms with E-state index in [4.69, 9.17) is 15.0 Å². The summed E-state index contributed by atoms with van der Waals surface area (Å²) in [5.74, 6) is 1.70. The number of hydrogen-bond acceptors (Lipinski definition) is 4. The van der Waals surface area contributed by atoms with Crippen LogP contribution in [0.15, 0.2) is 133 Å². The van der Waals surface area contributed by atoms with Crippen molar-refractivity contribution in [3.63, 3.8) is 0 Å². The summed E-state index contributed by atoms with van der Waals surface area (Å²) in [6.07, 6.45) is 0. The molecule has 0 spiro atoms. The van der Waals surface area contributed by atoms with E-state index in [0.29, 0.717) is 23.0 Å². The molecule has 0 saturated heterocycles. The molecule has 0 saturated carbocycles. The van der Waals surface area contributed by atoms with E-state index in [2.05, 4.69) is 80.6 Å². The van der Waals surface area contributed by atoms with E-state index in [1.54, 1.807) is 0 Å². The van der Waals surface area contributed by atoms with E-state index in [0.717, 1.165) is 27.8 Å². The number of aromatic nitrogens is 3. The molecule has 7 aromatic rings. The molecule has 212 valence electrons. The van der Waals surface area contributed by atoms with Gasteiger partial charge in [0.2, 0.25) is 0 Å². The highest BCUT2D eigenvalue weighted by molar-refractivity contribution is 6.05. The van der Waals surface area contributed by atoms with E-state index in [9.17, 15) is 5.26 Å². The van der Waals surface area contributed by atoms with Crippen molar-refractivity contribution in [1.29, 1.82) is 5.26 Å². The summed E-state index contributed by atoms with van der Waals surface area (Å²) in [7, 11) is 0. The summed E-state index contributed by atoms with van der Waals surface area (Å²) in [4.78, 5) is 14.8. The number of hydrogen-bond donors (Lipinski definition) is 0. The zero-order valence-electron chi connectivity index (χ0n) is 25.0. The van der Waals surface area contributed by atoms with Gasteiger partial charge in [-0.05, 0) is 68.4 Å². The van der Waals surface area contributed by atoms with Crippen LogP contribution in [0.5, 0.6) is 0 Å². The number of nitrogens with zero attached hydrogens (tertiary/aromatic N) is 4. The highest BCUT2D eigenvalue weighted by Gasteiger charge is 2.38. The van der Waals surface area contributed by atoms with Gasteiger partial charge in [-0.3, -0.25) is 0 Å². The van der Waals surface area contributed by atoms with Crippen LogP contribution in [0.3, 0.4) is 0 Å². The van der Waals surface area contributed by atoms with E-state index in [1.165, 1.54) is 33.0 Å². The first-order chi connectivity index (χ1) is 22.0. The van der Waals surface area contributed by atoms with Crippen LogP contribution < -0.4 is 0 Å². The van der Waals surface area contributed by atoms with Crippen LogP contribution in [-0.2, 0) is 5.41 Å². The van der Waals surface area contributed by atoms with Crippen LogP contribution >= 0.6 is 0 Å².